The van der Waals surface area contributed by atoms with Crippen molar-refractivity contribution in [3.05, 3.63) is 78.2 Å². The maximum atomic E-state index is 12.1. The normalized spacial score (nSPS) is 18.0. The molecular weight excluding hydrogens is 537 g/mol. The first-order valence-electron chi connectivity index (χ1n) is 13.9. The van der Waals surface area contributed by atoms with Crippen molar-refractivity contribution in [2.75, 3.05) is 29.9 Å². The van der Waals surface area contributed by atoms with Gasteiger partial charge in [0.2, 0.25) is 0 Å². The van der Waals surface area contributed by atoms with Crippen molar-refractivity contribution in [2.24, 2.45) is 16.8 Å². The first-order valence-corrected chi connectivity index (χ1v) is 13.9. The summed E-state index contributed by atoms with van der Waals surface area (Å²) in [5.74, 6) is 3.96. The Morgan fingerprint density at radius 3 is 2.98 bits per heavy atom. The van der Waals surface area contributed by atoms with E-state index in [1.807, 2.05) is 38.1 Å². The second-order valence-corrected chi connectivity index (χ2v) is 10.3. The van der Waals surface area contributed by atoms with Gasteiger partial charge in [0.1, 0.15) is 17.6 Å². The van der Waals surface area contributed by atoms with Crippen LogP contribution < -0.4 is 38.6 Å². The molecule has 0 saturated carbocycles. The van der Waals surface area contributed by atoms with Gasteiger partial charge < -0.3 is 30.1 Å². The van der Waals surface area contributed by atoms with Crippen LogP contribution in [-0.4, -0.2) is 53.0 Å². The van der Waals surface area contributed by atoms with Crippen LogP contribution >= 0.6 is 0 Å². The third-order valence-electron chi connectivity index (χ3n) is 7.48. The molecule has 0 amide bonds. The molecule has 3 aromatic rings. The summed E-state index contributed by atoms with van der Waals surface area (Å²) in [6.45, 7) is 11.7. The number of carbonyl (C=O) groups excluding carboxylic acids is 1. The molecule has 2 aliphatic rings. The molecule has 2 aromatic heterocycles. The number of aromatic nitrogens is 3. The fourth-order valence-corrected chi connectivity index (χ4v) is 5.37. The Morgan fingerprint density at radius 1 is 1.35 bits per heavy atom. The van der Waals surface area contributed by atoms with E-state index >= 15 is 0 Å². The number of allylic oxidation sites excluding steroid dienone is 4. The Balaban J connectivity index is 0.00000423. The smallest absolute Gasteiger partial charge is 0.577 e. The molecule has 2 bridgehead atoms. The molecule has 2 aliphatic heterocycles. The van der Waals surface area contributed by atoms with E-state index in [2.05, 4.69) is 31.4 Å². The number of ketones is 1. The number of aliphatic imine (C=N–C) groups is 1. The minimum atomic E-state index is 0. The van der Waals surface area contributed by atoms with Gasteiger partial charge in [-0.25, -0.2) is 27.5 Å². The van der Waals surface area contributed by atoms with Crippen LogP contribution in [0.2, 0.25) is 0 Å². The van der Waals surface area contributed by atoms with Crippen LogP contribution in [0.3, 0.4) is 0 Å². The number of aryl methyl sites for hydroxylation is 1. The molecule has 1 fully saturated rings. The van der Waals surface area contributed by atoms with Gasteiger partial charge in [-0.15, -0.1) is 6.08 Å². The number of nitrogens with one attached hydrogen (secondary N) is 1. The minimum absolute atomic E-state index is 0. The van der Waals surface area contributed by atoms with Crippen molar-refractivity contribution in [1.29, 1.82) is 0 Å². The molecule has 1 saturated heterocycles. The number of rotatable bonds is 11. The van der Waals surface area contributed by atoms with Crippen LogP contribution in [0.25, 0.3) is 16.4 Å². The second kappa shape index (κ2) is 14.8. The van der Waals surface area contributed by atoms with Crippen molar-refractivity contribution < 1.29 is 33.1 Å². The van der Waals surface area contributed by atoms with E-state index in [0.717, 1.165) is 48.7 Å². The van der Waals surface area contributed by atoms with Gasteiger partial charge in [-0.05, 0) is 62.4 Å². The van der Waals surface area contributed by atoms with Crippen molar-refractivity contribution in [3.63, 3.8) is 0 Å². The van der Waals surface area contributed by atoms with Crippen LogP contribution in [0.15, 0.2) is 65.6 Å². The average Bonchev–Trinajstić information content (AvgIpc) is 3.13. The number of fused-ring (bicyclic) bond motifs is 5. The molecule has 1 N–H and O–H groups in total. The van der Waals surface area contributed by atoms with E-state index in [-0.39, 0.29) is 24.6 Å². The predicted molar refractivity (Wildman–Crippen MR) is 165 cm³/mol. The molecule has 0 radical (unpaired) electrons. The first-order chi connectivity index (χ1) is 20.5. The van der Waals surface area contributed by atoms with E-state index in [9.17, 15) is 4.79 Å². The number of nitrogens with zero attached hydrogens (tertiary/aromatic N) is 6. The van der Waals surface area contributed by atoms with Gasteiger partial charge in [0.25, 0.3) is 0 Å². The zero-order chi connectivity index (χ0) is 29.5. The van der Waals surface area contributed by atoms with Gasteiger partial charge in [-0.1, -0.05) is 6.08 Å². The molecule has 5 rings (SSSR count). The number of anilines is 3. The third kappa shape index (κ3) is 7.58. The molecule has 4 heterocycles. The summed E-state index contributed by atoms with van der Waals surface area (Å²) < 4.78 is 12.1. The number of benzene rings is 1. The first kappa shape index (κ1) is 31.7. The van der Waals surface area contributed by atoms with Gasteiger partial charge in [0.15, 0.2) is 23.2 Å². The maximum absolute atomic E-state index is 12.1. The van der Waals surface area contributed by atoms with E-state index in [1.165, 1.54) is 18.5 Å². The van der Waals surface area contributed by atoms with Gasteiger partial charge >= 0.3 is 18.9 Å². The molecule has 10 nitrogen and oxygen atoms in total. The van der Waals surface area contributed by atoms with Gasteiger partial charge in [0, 0.05) is 42.9 Å². The summed E-state index contributed by atoms with van der Waals surface area (Å²) in [5.41, 5.74) is 2.98. The Morgan fingerprint density at radius 2 is 2.21 bits per heavy atom. The summed E-state index contributed by atoms with van der Waals surface area (Å²) in [6, 6.07) is 7.55. The van der Waals surface area contributed by atoms with Gasteiger partial charge in [-0.3, -0.25) is 11.4 Å². The number of hydrogen-bond donors (Lipinski definition) is 1. The van der Waals surface area contributed by atoms with Crippen molar-refractivity contribution in [2.45, 2.75) is 33.1 Å². The third-order valence-corrected chi connectivity index (χ3v) is 7.48. The Hall–Kier alpha value is -4.26. The number of carbonyl (C=O) groups is 1. The summed E-state index contributed by atoms with van der Waals surface area (Å²) in [4.78, 5) is 31.8. The van der Waals surface area contributed by atoms with Crippen molar-refractivity contribution in [1.82, 2.24) is 15.0 Å². The molecular formula is C32H32LiN7O3-2. The number of ether oxygens (including phenoxy) is 2. The fourth-order valence-electron chi connectivity index (χ4n) is 5.37. The number of pyridine rings is 1. The summed E-state index contributed by atoms with van der Waals surface area (Å²) in [7, 11) is 0. The second-order valence-electron chi connectivity index (χ2n) is 10.3. The van der Waals surface area contributed by atoms with Gasteiger partial charge in [0.05, 0.1) is 12.1 Å². The quantitative estimate of drug-likeness (QED) is 0.0711. The Bertz CT molecular complexity index is 1590. The van der Waals surface area contributed by atoms with E-state index < -0.39 is 0 Å². The van der Waals surface area contributed by atoms with E-state index in [0.29, 0.717) is 59.6 Å². The molecule has 1 aromatic carbocycles. The summed E-state index contributed by atoms with van der Waals surface area (Å²) in [6.07, 6.45) is 13.2. The summed E-state index contributed by atoms with van der Waals surface area (Å²) in [5, 5.41) is 12.0. The largest absolute Gasteiger partial charge is 1.00 e. The van der Waals surface area contributed by atoms with Crippen LogP contribution in [0.4, 0.5) is 17.3 Å². The SMILES string of the molecule is [CH-]=C/C(=C\[C-]=NC=[N-])Oc1ccc(Nc2ncnc3cc4c(nc23)N2CCC(CCC(=O)/C=C/C)[C@H](CO4)C2)cc1C.[Li+]. The van der Waals surface area contributed by atoms with Crippen LogP contribution in [0.1, 0.15) is 31.7 Å². The van der Waals surface area contributed by atoms with Crippen molar-refractivity contribution in [3.8, 4) is 11.5 Å². The standard InChI is InChI=1S/C32H32N7O3.Li/c1-4-6-25(40)9-7-22-12-14-39-17-23(22)18-41-29-16-27-30(38-32(29)39)31(36-20-35-27)37-24-8-10-28(21(3)15-24)42-26(5-2)11-13-34-19-33;/h2,4-6,8,10-11,15-16,19-20,22-23H,7,9,12,14,17-18H2,1,3H3,(H,35,36,37);/q-3;+1/b6-4+,26-11+;/t22?,23-;/m0./s1. The molecule has 2 atom stereocenters. The van der Waals surface area contributed by atoms with E-state index in [1.54, 1.807) is 12.2 Å². The van der Waals surface area contributed by atoms with Crippen molar-refractivity contribution >= 4 is 46.7 Å². The Labute approximate surface area is 263 Å². The average molecular weight is 570 g/mol. The molecule has 11 heteroatoms. The van der Waals surface area contributed by atoms with Crippen LogP contribution in [0.5, 0.6) is 11.5 Å². The maximum Gasteiger partial charge on any atom is 1.00 e. The fraction of sp³-hybridized carbons (Fsp3) is 0.312. The van der Waals surface area contributed by atoms with Crippen LogP contribution in [-0.2, 0) is 4.79 Å². The molecule has 0 aliphatic carbocycles. The van der Waals surface area contributed by atoms with Gasteiger partial charge in [-0.2, -0.15) is 6.08 Å². The zero-order valence-electron chi connectivity index (χ0n) is 24.7. The number of piperidine rings is 1. The monoisotopic (exact) mass is 569 g/mol. The topological polar surface area (TPSA) is 124 Å². The molecule has 216 valence electrons. The summed E-state index contributed by atoms with van der Waals surface area (Å²) >= 11 is 0. The molecule has 0 spiro atoms. The van der Waals surface area contributed by atoms with E-state index in [4.69, 9.17) is 26.4 Å². The Kier molecular flexibility index (Phi) is 10.9. The molecule has 1 unspecified atom stereocenters. The number of hydrogen-bond acceptors (Lipinski definition) is 8. The van der Waals surface area contributed by atoms with Crippen LogP contribution in [0, 0.1) is 25.3 Å². The predicted octanol–water partition coefficient (Wildman–Crippen LogP) is 2.64. The minimum Gasteiger partial charge on any atom is -0.577 e. The zero-order valence-corrected chi connectivity index (χ0v) is 24.7. The molecule has 43 heavy (non-hydrogen) atoms.